The Bertz CT molecular complexity index is 1050. The molecule has 0 spiro atoms. The van der Waals surface area contributed by atoms with E-state index in [1.54, 1.807) is 12.1 Å². The second kappa shape index (κ2) is 10.1. The zero-order valence-electron chi connectivity index (χ0n) is 16.1. The summed E-state index contributed by atoms with van der Waals surface area (Å²) in [6.07, 6.45) is -0.950. The lowest BCUT2D eigenvalue weighted by Gasteiger charge is -2.18. The average molecular weight is 451 g/mol. The van der Waals surface area contributed by atoms with Gasteiger partial charge in [0.1, 0.15) is 5.75 Å². The number of nitrogens with one attached hydrogen (secondary N) is 2. The molecule has 0 radical (unpaired) electrons. The van der Waals surface area contributed by atoms with Crippen LogP contribution in [0.25, 0.3) is 0 Å². The maximum Gasteiger partial charge on any atom is 0.279 e. The second-order valence-electron chi connectivity index (χ2n) is 6.15. The number of amides is 2. The highest BCUT2D eigenvalue weighted by molar-refractivity contribution is 7.89. The third-order valence-electron chi connectivity index (χ3n) is 3.88. The molecule has 0 aromatic heterocycles. The molecule has 0 aliphatic rings. The van der Waals surface area contributed by atoms with Crippen molar-refractivity contribution in [2.45, 2.75) is 17.9 Å². The molecule has 0 bridgehead atoms. The van der Waals surface area contributed by atoms with Crippen molar-refractivity contribution in [2.75, 3.05) is 13.6 Å². The Morgan fingerprint density at radius 2 is 1.73 bits per heavy atom. The van der Waals surface area contributed by atoms with Gasteiger partial charge in [-0.15, -0.1) is 0 Å². The Morgan fingerprint density at radius 1 is 1.13 bits per heavy atom. The molecule has 0 saturated heterocycles. The van der Waals surface area contributed by atoms with E-state index in [4.69, 9.17) is 21.6 Å². The molecule has 2 rings (SSSR count). The van der Waals surface area contributed by atoms with Gasteiger partial charge in [-0.1, -0.05) is 11.6 Å². The normalized spacial score (nSPS) is 12.0. The van der Waals surface area contributed by atoms with Gasteiger partial charge < -0.3 is 4.74 Å². The maximum absolute atomic E-state index is 12.4. The van der Waals surface area contributed by atoms with Crippen LogP contribution in [0.15, 0.2) is 53.4 Å². The predicted molar refractivity (Wildman–Crippen MR) is 109 cm³/mol. The van der Waals surface area contributed by atoms with E-state index in [1.165, 1.54) is 50.4 Å². The molecule has 2 N–H and O–H groups in total. The molecule has 0 heterocycles. The summed E-state index contributed by atoms with van der Waals surface area (Å²) in [6.45, 7) is 0.951. The minimum Gasteiger partial charge on any atom is -0.481 e. The fourth-order valence-electron chi connectivity index (χ4n) is 2.21. The van der Waals surface area contributed by atoms with Gasteiger partial charge in [-0.3, -0.25) is 20.4 Å². The molecule has 11 heteroatoms. The Morgan fingerprint density at radius 3 is 2.30 bits per heavy atom. The highest BCUT2D eigenvalue weighted by atomic mass is 35.5. The van der Waals surface area contributed by atoms with Crippen molar-refractivity contribution >= 4 is 33.4 Å². The number of hydrogen-bond acceptors (Lipinski definition) is 6. The average Bonchev–Trinajstić information content (AvgIpc) is 2.72. The lowest BCUT2D eigenvalue weighted by atomic mass is 10.2. The lowest BCUT2D eigenvalue weighted by molar-refractivity contribution is -0.132. The fourth-order valence-corrected chi connectivity index (χ4v) is 3.46. The molecule has 0 unspecified atom stereocenters. The summed E-state index contributed by atoms with van der Waals surface area (Å²) in [7, 11) is -2.66. The van der Waals surface area contributed by atoms with Gasteiger partial charge in [0.2, 0.25) is 10.0 Å². The van der Waals surface area contributed by atoms with Gasteiger partial charge in [0.05, 0.1) is 23.1 Å². The van der Waals surface area contributed by atoms with Crippen LogP contribution in [0.4, 0.5) is 0 Å². The van der Waals surface area contributed by atoms with Crippen molar-refractivity contribution in [2.24, 2.45) is 0 Å². The highest BCUT2D eigenvalue weighted by Gasteiger charge is 2.23. The fraction of sp³-hybridized carbons (Fsp3) is 0.211. The lowest BCUT2D eigenvalue weighted by Crippen LogP contribution is -2.50. The first-order valence-electron chi connectivity index (χ1n) is 8.61. The van der Waals surface area contributed by atoms with E-state index in [0.717, 1.165) is 4.31 Å². The SMILES string of the molecule is C[C@@H](Oc1ccc(C#N)cc1)C(=O)NNC(=O)CN(C)S(=O)(=O)c1ccc(Cl)cc1. The van der Waals surface area contributed by atoms with Crippen LogP contribution < -0.4 is 15.6 Å². The number of halogens is 1. The Balaban J connectivity index is 1.85. The van der Waals surface area contributed by atoms with Crippen LogP contribution in [-0.2, 0) is 19.6 Å². The van der Waals surface area contributed by atoms with E-state index in [9.17, 15) is 18.0 Å². The Kier molecular flexibility index (Phi) is 7.77. The van der Waals surface area contributed by atoms with Gasteiger partial charge in [-0.05, 0) is 55.5 Å². The second-order valence-corrected chi connectivity index (χ2v) is 8.63. The van der Waals surface area contributed by atoms with Gasteiger partial charge in [0.25, 0.3) is 11.8 Å². The molecule has 30 heavy (non-hydrogen) atoms. The van der Waals surface area contributed by atoms with E-state index in [0.29, 0.717) is 16.3 Å². The maximum atomic E-state index is 12.4. The van der Waals surface area contributed by atoms with E-state index in [1.807, 2.05) is 6.07 Å². The van der Waals surface area contributed by atoms with E-state index >= 15 is 0 Å². The third-order valence-corrected chi connectivity index (χ3v) is 5.95. The van der Waals surface area contributed by atoms with Crippen LogP contribution in [-0.4, -0.2) is 44.2 Å². The quantitative estimate of drug-likeness (QED) is 0.614. The van der Waals surface area contributed by atoms with Crippen LogP contribution in [0.2, 0.25) is 5.02 Å². The number of sulfonamides is 1. The number of carbonyl (C=O) groups is 2. The minimum atomic E-state index is -3.90. The third kappa shape index (κ3) is 6.18. The smallest absolute Gasteiger partial charge is 0.279 e. The standard InChI is InChI=1S/C19H19ClN4O5S/c1-13(29-16-7-3-14(11-21)4-8-16)19(26)23-22-18(25)12-24(2)30(27,28)17-9-5-15(20)6-10-17/h3-10,13H,12H2,1-2H3,(H,22,25)(H,23,26)/t13-/m1/s1. The Labute approximate surface area is 179 Å². The monoisotopic (exact) mass is 450 g/mol. The molecule has 9 nitrogen and oxygen atoms in total. The molecular formula is C19H19ClN4O5S. The summed E-state index contributed by atoms with van der Waals surface area (Å²) in [4.78, 5) is 24.1. The molecule has 158 valence electrons. The first kappa shape index (κ1) is 23.2. The van der Waals surface area contributed by atoms with Gasteiger partial charge in [0.15, 0.2) is 6.10 Å². The number of hydrogen-bond donors (Lipinski definition) is 2. The molecule has 0 saturated carbocycles. The highest BCUT2D eigenvalue weighted by Crippen LogP contribution is 2.17. The minimum absolute atomic E-state index is 0.0179. The van der Waals surface area contributed by atoms with Crippen LogP contribution in [0.1, 0.15) is 12.5 Å². The van der Waals surface area contributed by atoms with Crippen molar-refractivity contribution in [1.82, 2.24) is 15.2 Å². The molecule has 2 amide bonds. The molecule has 0 aliphatic heterocycles. The van der Waals surface area contributed by atoms with Gasteiger partial charge in [-0.2, -0.15) is 9.57 Å². The van der Waals surface area contributed by atoms with Gasteiger partial charge in [-0.25, -0.2) is 8.42 Å². The zero-order chi connectivity index (χ0) is 22.3. The first-order valence-corrected chi connectivity index (χ1v) is 10.4. The summed E-state index contributed by atoms with van der Waals surface area (Å²) in [5.74, 6) is -1.01. The Hall–Kier alpha value is -3.13. The molecule has 0 aliphatic carbocycles. The molecule has 0 fully saturated rings. The van der Waals surface area contributed by atoms with Crippen molar-refractivity contribution in [3.63, 3.8) is 0 Å². The summed E-state index contributed by atoms with van der Waals surface area (Å²) in [5, 5.41) is 9.15. The van der Waals surface area contributed by atoms with Crippen molar-refractivity contribution in [1.29, 1.82) is 5.26 Å². The van der Waals surface area contributed by atoms with Crippen LogP contribution in [0.5, 0.6) is 5.75 Å². The van der Waals surface area contributed by atoms with Crippen LogP contribution in [0, 0.1) is 11.3 Å². The number of hydrazine groups is 1. The first-order chi connectivity index (χ1) is 14.1. The van der Waals surface area contributed by atoms with Crippen molar-refractivity contribution in [3.05, 3.63) is 59.1 Å². The predicted octanol–water partition coefficient (Wildman–Crippen LogP) is 1.45. The number of nitrogens with zero attached hydrogens (tertiary/aromatic N) is 2. The summed E-state index contributed by atoms with van der Waals surface area (Å²) >= 11 is 5.75. The zero-order valence-corrected chi connectivity index (χ0v) is 17.7. The molecular weight excluding hydrogens is 432 g/mol. The van der Waals surface area contributed by atoms with E-state index in [2.05, 4.69) is 10.9 Å². The number of likely N-dealkylation sites (N-methyl/N-ethyl adjacent to an activating group) is 1. The molecule has 2 aromatic rings. The number of rotatable bonds is 7. The van der Waals surface area contributed by atoms with Gasteiger partial charge in [0, 0.05) is 12.1 Å². The van der Waals surface area contributed by atoms with Crippen LogP contribution in [0.3, 0.4) is 0 Å². The van der Waals surface area contributed by atoms with E-state index in [-0.39, 0.29) is 4.90 Å². The summed E-state index contributed by atoms with van der Waals surface area (Å²) in [6, 6.07) is 13.6. The van der Waals surface area contributed by atoms with Crippen molar-refractivity contribution < 1.29 is 22.7 Å². The van der Waals surface area contributed by atoms with E-state index < -0.39 is 34.5 Å². The molecule has 1 atom stereocenters. The largest absolute Gasteiger partial charge is 0.481 e. The van der Waals surface area contributed by atoms with Crippen LogP contribution >= 0.6 is 11.6 Å². The number of ether oxygens (including phenoxy) is 1. The number of nitriles is 1. The summed E-state index contributed by atoms with van der Waals surface area (Å²) in [5.41, 5.74) is 4.76. The molecule has 2 aromatic carbocycles. The van der Waals surface area contributed by atoms with Gasteiger partial charge >= 0.3 is 0 Å². The van der Waals surface area contributed by atoms with Crippen molar-refractivity contribution in [3.8, 4) is 11.8 Å². The topological polar surface area (TPSA) is 129 Å². The summed E-state index contributed by atoms with van der Waals surface area (Å²) < 4.78 is 31.2. The number of benzene rings is 2. The number of carbonyl (C=O) groups excluding carboxylic acids is 2.